The molecule has 4 nitrogen and oxygen atoms in total. The van der Waals surface area contributed by atoms with Gasteiger partial charge in [-0.3, -0.25) is 9.36 Å². The van der Waals surface area contributed by atoms with Crippen molar-refractivity contribution in [2.24, 2.45) is 0 Å². The Bertz CT molecular complexity index is 636. The van der Waals surface area contributed by atoms with Gasteiger partial charge in [0.2, 0.25) is 5.91 Å². The smallest absolute Gasteiger partial charge is 0.292 e. The zero-order chi connectivity index (χ0) is 13.3. The molecule has 1 aromatic heterocycles. The summed E-state index contributed by atoms with van der Waals surface area (Å²) in [5, 5.41) is 0. The van der Waals surface area contributed by atoms with Gasteiger partial charge in [-0.2, -0.15) is 0 Å². The zero-order valence-electron chi connectivity index (χ0n) is 10.8. The molecule has 0 atom stereocenters. The molecule has 1 aromatic carbocycles. The highest BCUT2D eigenvalue weighted by Crippen LogP contribution is 2.08. The van der Waals surface area contributed by atoms with Crippen molar-refractivity contribution in [2.75, 3.05) is 0 Å². The monoisotopic (exact) mass is 244 g/mol. The summed E-state index contributed by atoms with van der Waals surface area (Å²) in [4.78, 5) is 23.6. The van der Waals surface area contributed by atoms with Gasteiger partial charge in [0.1, 0.15) is 0 Å². The van der Waals surface area contributed by atoms with E-state index in [-0.39, 0.29) is 11.6 Å². The molecule has 0 bridgehead atoms. The fourth-order valence-electron chi connectivity index (χ4n) is 2.09. The van der Waals surface area contributed by atoms with Gasteiger partial charge in [0.25, 0.3) is 0 Å². The Morgan fingerprint density at radius 1 is 1.11 bits per heavy atom. The van der Waals surface area contributed by atoms with Gasteiger partial charge in [-0.25, -0.2) is 9.36 Å². The van der Waals surface area contributed by atoms with Crippen molar-refractivity contribution in [3.8, 4) is 0 Å². The van der Waals surface area contributed by atoms with Gasteiger partial charge in [-0.15, -0.1) is 0 Å². The van der Waals surface area contributed by atoms with Crippen LogP contribution in [0, 0.1) is 13.8 Å². The first-order valence-corrected chi connectivity index (χ1v) is 5.86. The van der Waals surface area contributed by atoms with Crippen LogP contribution in [-0.4, -0.2) is 15.0 Å². The summed E-state index contributed by atoms with van der Waals surface area (Å²) in [6, 6.07) is 9.73. The van der Waals surface area contributed by atoms with E-state index in [4.69, 9.17) is 0 Å². The number of aromatic nitrogens is 2. The van der Waals surface area contributed by atoms with Crippen LogP contribution in [0.5, 0.6) is 0 Å². The molecular formula is C14H16N2O2. The number of carbonyl (C=O) groups excluding carboxylic acids is 1. The van der Waals surface area contributed by atoms with E-state index in [1.165, 1.54) is 11.5 Å². The van der Waals surface area contributed by atoms with Crippen LogP contribution in [0.15, 0.2) is 35.1 Å². The number of benzene rings is 1. The third-order valence-electron chi connectivity index (χ3n) is 3.18. The highest BCUT2D eigenvalue weighted by atomic mass is 16.2. The van der Waals surface area contributed by atoms with E-state index in [1.807, 2.05) is 37.3 Å². The minimum absolute atomic E-state index is 0.243. The Labute approximate surface area is 105 Å². The average molecular weight is 244 g/mol. The number of carbonyl (C=O) groups is 1. The molecule has 2 rings (SSSR count). The molecule has 0 saturated carbocycles. The van der Waals surface area contributed by atoms with Crippen LogP contribution < -0.4 is 5.69 Å². The zero-order valence-corrected chi connectivity index (χ0v) is 10.8. The minimum Gasteiger partial charge on any atom is -0.292 e. The lowest BCUT2D eigenvalue weighted by molar-refractivity contribution is 0.0929. The van der Waals surface area contributed by atoms with E-state index < -0.39 is 0 Å². The van der Waals surface area contributed by atoms with Crippen LogP contribution in [-0.2, 0) is 6.54 Å². The number of hydrogen-bond donors (Lipinski definition) is 0. The van der Waals surface area contributed by atoms with Crippen molar-refractivity contribution < 1.29 is 4.79 Å². The lowest BCUT2D eigenvalue weighted by atomic mass is 10.2. The predicted molar refractivity (Wildman–Crippen MR) is 70.0 cm³/mol. The van der Waals surface area contributed by atoms with Gasteiger partial charge in [-0.1, -0.05) is 30.3 Å². The first-order valence-electron chi connectivity index (χ1n) is 5.86. The highest BCUT2D eigenvalue weighted by molar-refractivity contribution is 5.76. The molecule has 1 heterocycles. The molecule has 0 spiro atoms. The largest absolute Gasteiger partial charge is 0.335 e. The number of imidazole rings is 1. The molecular weight excluding hydrogens is 228 g/mol. The summed E-state index contributed by atoms with van der Waals surface area (Å²) in [5.74, 6) is -0.243. The van der Waals surface area contributed by atoms with Crippen molar-refractivity contribution in [3.63, 3.8) is 0 Å². The van der Waals surface area contributed by atoms with E-state index in [0.29, 0.717) is 12.2 Å². The Hall–Kier alpha value is -2.10. The molecule has 0 saturated heterocycles. The summed E-state index contributed by atoms with van der Waals surface area (Å²) in [7, 11) is 0. The maximum absolute atomic E-state index is 12.2. The summed E-state index contributed by atoms with van der Waals surface area (Å²) >= 11 is 0. The second kappa shape index (κ2) is 4.64. The second-order valence-corrected chi connectivity index (χ2v) is 4.38. The van der Waals surface area contributed by atoms with Crippen molar-refractivity contribution in [2.45, 2.75) is 27.3 Å². The van der Waals surface area contributed by atoms with E-state index in [1.54, 1.807) is 11.5 Å². The molecule has 0 aliphatic rings. The highest BCUT2D eigenvalue weighted by Gasteiger charge is 2.15. The summed E-state index contributed by atoms with van der Waals surface area (Å²) < 4.78 is 2.85. The molecule has 0 radical (unpaired) electrons. The first-order chi connectivity index (χ1) is 8.52. The maximum Gasteiger partial charge on any atom is 0.335 e. The third-order valence-corrected chi connectivity index (χ3v) is 3.18. The normalized spacial score (nSPS) is 10.6. The molecule has 18 heavy (non-hydrogen) atoms. The molecule has 4 heteroatoms. The standard InChI is InChI=1S/C14H16N2O2/c1-10-11(2)16(12(3)17)14(18)15(10)9-13-7-5-4-6-8-13/h4-8H,9H2,1-3H3. The average Bonchev–Trinajstić information content (AvgIpc) is 2.55. The van der Waals surface area contributed by atoms with Gasteiger partial charge in [-0.05, 0) is 19.4 Å². The Morgan fingerprint density at radius 2 is 1.72 bits per heavy atom. The fourth-order valence-corrected chi connectivity index (χ4v) is 2.09. The molecule has 2 aromatic rings. The lowest BCUT2D eigenvalue weighted by Gasteiger charge is -2.04. The first kappa shape index (κ1) is 12.4. The molecule has 94 valence electrons. The van der Waals surface area contributed by atoms with Crippen molar-refractivity contribution in [3.05, 3.63) is 57.8 Å². The molecule has 0 fully saturated rings. The third kappa shape index (κ3) is 2.01. The van der Waals surface area contributed by atoms with Crippen molar-refractivity contribution in [1.82, 2.24) is 9.13 Å². The molecule has 0 amide bonds. The molecule has 0 aliphatic carbocycles. The Kier molecular flexibility index (Phi) is 3.19. The molecule has 0 aliphatic heterocycles. The number of rotatable bonds is 2. The van der Waals surface area contributed by atoms with E-state index >= 15 is 0 Å². The van der Waals surface area contributed by atoms with Gasteiger partial charge >= 0.3 is 5.69 Å². The quantitative estimate of drug-likeness (QED) is 0.810. The maximum atomic E-state index is 12.2. The van der Waals surface area contributed by atoms with Crippen LogP contribution in [0.2, 0.25) is 0 Å². The van der Waals surface area contributed by atoms with Crippen molar-refractivity contribution >= 4 is 5.91 Å². The van der Waals surface area contributed by atoms with Crippen molar-refractivity contribution in [1.29, 1.82) is 0 Å². The van der Waals surface area contributed by atoms with Crippen LogP contribution in [0.1, 0.15) is 28.7 Å². The lowest BCUT2D eigenvalue weighted by Crippen LogP contribution is -2.28. The Balaban J connectivity index is 2.50. The van der Waals surface area contributed by atoms with Crippen LogP contribution in [0.25, 0.3) is 0 Å². The van der Waals surface area contributed by atoms with Gasteiger partial charge in [0.15, 0.2) is 0 Å². The molecule has 0 unspecified atom stereocenters. The molecule has 0 N–H and O–H groups in total. The SMILES string of the molecule is CC(=O)n1c(C)c(C)n(Cc2ccccc2)c1=O. The summed E-state index contributed by atoms with van der Waals surface area (Å²) in [5.41, 5.74) is 2.33. The van der Waals surface area contributed by atoms with Gasteiger partial charge in [0.05, 0.1) is 6.54 Å². The fraction of sp³-hybridized carbons (Fsp3) is 0.286. The van der Waals surface area contributed by atoms with Crippen LogP contribution >= 0.6 is 0 Å². The van der Waals surface area contributed by atoms with Crippen LogP contribution in [0.4, 0.5) is 0 Å². The summed E-state index contributed by atoms with van der Waals surface area (Å²) in [6.45, 7) is 5.55. The van der Waals surface area contributed by atoms with E-state index in [0.717, 1.165) is 11.3 Å². The summed E-state index contributed by atoms with van der Waals surface area (Å²) in [6.07, 6.45) is 0. The van der Waals surface area contributed by atoms with E-state index in [9.17, 15) is 9.59 Å². The van der Waals surface area contributed by atoms with Gasteiger partial charge < -0.3 is 0 Å². The predicted octanol–water partition coefficient (Wildman–Crippen LogP) is 1.98. The van der Waals surface area contributed by atoms with E-state index in [2.05, 4.69) is 0 Å². The second-order valence-electron chi connectivity index (χ2n) is 4.38. The minimum atomic E-state index is -0.263. The number of nitrogens with zero attached hydrogens (tertiary/aromatic N) is 2. The van der Waals surface area contributed by atoms with Gasteiger partial charge in [0, 0.05) is 18.3 Å². The number of hydrogen-bond acceptors (Lipinski definition) is 2. The van der Waals surface area contributed by atoms with Crippen LogP contribution in [0.3, 0.4) is 0 Å². The Morgan fingerprint density at radius 3 is 2.22 bits per heavy atom. The topological polar surface area (TPSA) is 44.0 Å².